The van der Waals surface area contributed by atoms with E-state index in [0.717, 1.165) is 27.7 Å². The molecule has 1 heterocycles. The van der Waals surface area contributed by atoms with Crippen molar-refractivity contribution in [2.75, 3.05) is 5.32 Å². The van der Waals surface area contributed by atoms with Crippen LogP contribution in [0, 0.1) is 6.92 Å². The van der Waals surface area contributed by atoms with E-state index in [2.05, 4.69) is 26.2 Å². The predicted molar refractivity (Wildman–Crippen MR) is 93.2 cm³/mol. The van der Waals surface area contributed by atoms with Gasteiger partial charge in [-0.05, 0) is 36.8 Å². The van der Waals surface area contributed by atoms with Gasteiger partial charge in [0, 0.05) is 17.3 Å². The zero-order valence-corrected chi connectivity index (χ0v) is 13.7. The van der Waals surface area contributed by atoms with Gasteiger partial charge in [0.15, 0.2) is 0 Å². The maximum absolute atomic E-state index is 12.4. The fraction of sp³-hybridized carbons (Fsp3) is 0.111. The molecule has 3 aromatic rings. The van der Waals surface area contributed by atoms with Crippen molar-refractivity contribution < 1.29 is 4.79 Å². The van der Waals surface area contributed by atoms with Crippen LogP contribution in [0.5, 0.6) is 0 Å². The van der Waals surface area contributed by atoms with Crippen LogP contribution in [0.4, 0.5) is 5.69 Å². The van der Waals surface area contributed by atoms with Gasteiger partial charge in [-0.2, -0.15) is 0 Å². The number of nitrogens with one attached hydrogen (secondary N) is 1. The molecule has 22 heavy (non-hydrogen) atoms. The van der Waals surface area contributed by atoms with E-state index in [1.54, 1.807) is 6.20 Å². The first kappa shape index (κ1) is 14.7. The molecule has 0 aliphatic carbocycles. The highest BCUT2D eigenvalue weighted by Gasteiger charge is 2.17. The predicted octanol–water partition coefficient (Wildman–Crippen LogP) is 4.62. The number of benzene rings is 2. The van der Waals surface area contributed by atoms with E-state index in [1.807, 2.05) is 61.5 Å². The van der Waals surface area contributed by atoms with E-state index in [1.165, 1.54) is 0 Å². The quantitative estimate of drug-likeness (QED) is 0.697. The van der Waals surface area contributed by atoms with Gasteiger partial charge in [0.25, 0.3) is 0 Å². The van der Waals surface area contributed by atoms with E-state index in [0.29, 0.717) is 0 Å². The fourth-order valence-corrected chi connectivity index (χ4v) is 2.74. The maximum Gasteiger partial charge on any atom is 0.242 e. The van der Waals surface area contributed by atoms with Crippen LogP contribution in [0.15, 0.2) is 60.8 Å². The Morgan fingerprint density at radius 1 is 1.14 bits per heavy atom. The molecule has 1 N–H and O–H groups in total. The number of hydrogen-bond acceptors (Lipinski definition) is 2. The zero-order chi connectivity index (χ0) is 15.5. The van der Waals surface area contributed by atoms with Crippen LogP contribution in [0.25, 0.3) is 10.9 Å². The second kappa shape index (κ2) is 6.28. The number of aryl methyl sites for hydroxylation is 1. The second-order valence-corrected chi connectivity index (χ2v) is 6.09. The second-order valence-electron chi connectivity index (χ2n) is 5.18. The number of amides is 1. The van der Waals surface area contributed by atoms with Gasteiger partial charge >= 0.3 is 0 Å². The lowest BCUT2D eigenvalue weighted by Gasteiger charge is -2.12. The number of anilines is 1. The normalized spacial score (nSPS) is 12.1. The van der Waals surface area contributed by atoms with Crippen molar-refractivity contribution >= 4 is 38.4 Å². The third kappa shape index (κ3) is 3.17. The number of fused-ring (bicyclic) bond motifs is 1. The molecule has 0 fully saturated rings. The minimum atomic E-state index is -0.378. The highest BCUT2D eigenvalue weighted by atomic mass is 79.9. The van der Waals surface area contributed by atoms with Gasteiger partial charge < -0.3 is 5.32 Å². The summed E-state index contributed by atoms with van der Waals surface area (Å²) in [5.74, 6) is -0.0890. The molecular formula is C18H15BrN2O. The van der Waals surface area contributed by atoms with Crippen LogP contribution in [0.2, 0.25) is 0 Å². The van der Waals surface area contributed by atoms with Crippen molar-refractivity contribution in [3.05, 3.63) is 71.9 Å². The monoisotopic (exact) mass is 354 g/mol. The molecule has 1 atom stereocenters. The number of aromatic nitrogens is 1. The smallest absolute Gasteiger partial charge is 0.242 e. The summed E-state index contributed by atoms with van der Waals surface area (Å²) in [5.41, 5.74) is 3.75. The van der Waals surface area contributed by atoms with Crippen LogP contribution in [-0.4, -0.2) is 10.9 Å². The molecule has 0 radical (unpaired) electrons. The molecule has 3 nitrogen and oxygen atoms in total. The van der Waals surface area contributed by atoms with Crippen molar-refractivity contribution in [1.82, 2.24) is 4.98 Å². The summed E-state index contributed by atoms with van der Waals surface area (Å²) in [6.45, 7) is 2.01. The Morgan fingerprint density at radius 3 is 2.82 bits per heavy atom. The molecular weight excluding hydrogens is 340 g/mol. The number of hydrogen-bond donors (Lipinski definition) is 1. The Labute approximate surface area is 137 Å². The lowest BCUT2D eigenvalue weighted by atomic mass is 10.1. The third-order valence-corrected chi connectivity index (χ3v) is 4.38. The average Bonchev–Trinajstić information content (AvgIpc) is 2.54. The molecule has 3 rings (SSSR count). The highest BCUT2D eigenvalue weighted by molar-refractivity contribution is 9.09. The number of rotatable bonds is 3. The first-order chi connectivity index (χ1) is 10.6. The lowest BCUT2D eigenvalue weighted by molar-refractivity contribution is -0.115. The summed E-state index contributed by atoms with van der Waals surface area (Å²) < 4.78 is 0. The van der Waals surface area contributed by atoms with Gasteiger partial charge in [0.2, 0.25) is 5.91 Å². The number of carbonyl (C=O) groups is 1. The number of carbonyl (C=O) groups excluding carboxylic acids is 1. The largest absolute Gasteiger partial charge is 0.325 e. The average molecular weight is 355 g/mol. The van der Waals surface area contributed by atoms with Gasteiger partial charge in [0.05, 0.1) is 5.52 Å². The van der Waals surface area contributed by atoms with Crippen molar-refractivity contribution in [2.24, 2.45) is 0 Å². The Kier molecular flexibility index (Phi) is 4.20. The molecule has 0 saturated carbocycles. The Hall–Kier alpha value is -2.20. The topological polar surface area (TPSA) is 42.0 Å². The van der Waals surface area contributed by atoms with E-state index in [9.17, 15) is 4.79 Å². The molecule has 1 amide bonds. The van der Waals surface area contributed by atoms with Gasteiger partial charge in [-0.1, -0.05) is 51.8 Å². The molecule has 1 unspecified atom stereocenters. The minimum absolute atomic E-state index is 0.0890. The fourth-order valence-electron chi connectivity index (χ4n) is 2.34. The molecule has 2 aromatic carbocycles. The van der Waals surface area contributed by atoms with Crippen LogP contribution >= 0.6 is 15.9 Å². The standard InChI is InChI=1S/C18H15BrN2O/c1-12-4-2-5-14(10-12)17(19)18(22)21-15-7-8-16-13(11-15)6-3-9-20-16/h2-11,17H,1H3,(H,21,22). The Balaban J connectivity index is 1.80. The first-order valence-electron chi connectivity index (χ1n) is 7.00. The molecule has 0 spiro atoms. The molecule has 0 saturated heterocycles. The number of alkyl halides is 1. The van der Waals surface area contributed by atoms with Gasteiger partial charge in [-0.15, -0.1) is 0 Å². The van der Waals surface area contributed by atoms with Gasteiger partial charge in [0.1, 0.15) is 4.83 Å². The van der Waals surface area contributed by atoms with E-state index >= 15 is 0 Å². The van der Waals surface area contributed by atoms with Gasteiger partial charge in [-0.25, -0.2) is 0 Å². The molecule has 0 aliphatic heterocycles. The van der Waals surface area contributed by atoms with E-state index in [-0.39, 0.29) is 10.7 Å². The van der Waals surface area contributed by atoms with Crippen LogP contribution in [0.3, 0.4) is 0 Å². The van der Waals surface area contributed by atoms with Gasteiger partial charge in [-0.3, -0.25) is 9.78 Å². The maximum atomic E-state index is 12.4. The molecule has 1 aromatic heterocycles. The first-order valence-corrected chi connectivity index (χ1v) is 7.91. The summed E-state index contributed by atoms with van der Waals surface area (Å²) in [5, 5.41) is 3.94. The number of nitrogens with zero attached hydrogens (tertiary/aromatic N) is 1. The summed E-state index contributed by atoms with van der Waals surface area (Å²) in [6, 6.07) is 17.5. The summed E-state index contributed by atoms with van der Waals surface area (Å²) in [7, 11) is 0. The van der Waals surface area contributed by atoms with Crippen molar-refractivity contribution in [3.8, 4) is 0 Å². The third-order valence-electron chi connectivity index (χ3n) is 3.44. The summed E-state index contributed by atoms with van der Waals surface area (Å²) in [4.78, 5) is 16.3. The van der Waals surface area contributed by atoms with Crippen molar-refractivity contribution in [1.29, 1.82) is 0 Å². The molecule has 4 heteroatoms. The molecule has 110 valence electrons. The molecule has 0 aliphatic rings. The summed E-state index contributed by atoms with van der Waals surface area (Å²) in [6.07, 6.45) is 1.76. The van der Waals surface area contributed by atoms with Crippen molar-refractivity contribution in [2.45, 2.75) is 11.8 Å². The van der Waals surface area contributed by atoms with Crippen LogP contribution < -0.4 is 5.32 Å². The van der Waals surface area contributed by atoms with Crippen molar-refractivity contribution in [3.63, 3.8) is 0 Å². The zero-order valence-electron chi connectivity index (χ0n) is 12.1. The Morgan fingerprint density at radius 2 is 2.00 bits per heavy atom. The molecule has 0 bridgehead atoms. The minimum Gasteiger partial charge on any atom is -0.325 e. The van der Waals surface area contributed by atoms with E-state index < -0.39 is 0 Å². The lowest BCUT2D eigenvalue weighted by Crippen LogP contribution is -2.17. The number of halogens is 1. The van der Waals surface area contributed by atoms with Crippen LogP contribution in [0.1, 0.15) is 16.0 Å². The Bertz CT molecular complexity index is 832. The van der Waals surface area contributed by atoms with E-state index in [4.69, 9.17) is 0 Å². The van der Waals surface area contributed by atoms with Crippen LogP contribution in [-0.2, 0) is 4.79 Å². The SMILES string of the molecule is Cc1cccc(C(Br)C(=O)Nc2ccc3ncccc3c2)c1. The highest BCUT2D eigenvalue weighted by Crippen LogP contribution is 2.26. The number of pyridine rings is 1. The summed E-state index contributed by atoms with van der Waals surface area (Å²) >= 11 is 3.47.